The molecule has 0 aliphatic heterocycles. The van der Waals surface area contributed by atoms with Crippen molar-refractivity contribution in [2.45, 2.75) is 13.8 Å². The van der Waals surface area contributed by atoms with Crippen molar-refractivity contribution in [1.29, 1.82) is 0 Å². The van der Waals surface area contributed by atoms with Crippen LogP contribution in [0, 0.1) is 17.3 Å². The van der Waals surface area contributed by atoms with Gasteiger partial charge in [-0.25, -0.2) is 0 Å². The summed E-state index contributed by atoms with van der Waals surface area (Å²) >= 11 is 5.01. The monoisotopic (exact) mass is 228 g/mol. The third-order valence-electron chi connectivity index (χ3n) is 2.48. The van der Waals surface area contributed by atoms with Gasteiger partial charge in [-0.15, -0.1) is 12.4 Å². The third kappa shape index (κ3) is 2.35. The molecule has 0 saturated heterocycles. The van der Waals surface area contributed by atoms with E-state index in [1.165, 1.54) is 6.08 Å². The van der Waals surface area contributed by atoms with Crippen LogP contribution in [0.25, 0.3) is 0 Å². The summed E-state index contributed by atoms with van der Waals surface area (Å²) < 4.78 is 12.2. The van der Waals surface area contributed by atoms with Gasteiger partial charge in [0.15, 0.2) is 5.29 Å². The molecule has 0 heterocycles. The molecule has 0 unspecified atom stereocenters. The van der Waals surface area contributed by atoms with Crippen molar-refractivity contribution < 1.29 is 14.3 Å². The molecule has 2 nitrogen and oxygen atoms in total. The molecule has 0 aromatic heterocycles. The Morgan fingerprint density at radius 3 is 2.31 bits per heavy atom. The summed E-state index contributed by atoms with van der Waals surface area (Å²) in [4.78, 5) is 10.6. The molecule has 0 amide bonds. The van der Waals surface area contributed by atoms with Crippen molar-refractivity contribution in [2.75, 3.05) is 0 Å². The molecular formula is C8H11Cl2FO2. The molecule has 2 atom stereocenters. The quantitative estimate of drug-likeness (QED) is 0.790. The first kappa shape index (κ1) is 12.7. The van der Waals surface area contributed by atoms with E-state index in [-0.39, 0.29) is 23.7 Å². The maximum absolute atomic E-state index is 12.2. The van der Waals surface area contributed by atoms with Crippen molar-refractivity contribution in [1.82, 2.24) is 0 Å². The number of rotatable bonds is 2. The van der Waals surface area contributed by atoms with Crippen molar-refractivity contribution >= 4 is 30.0 Å². The molecule has 0 bridgehead atoms. The van der Waals surface area contributed by atoms with Crippen LogP contribution in [0.15, 0.2) is 11.4 Å². The van der Waals surface area contributed by atoms with Crippen LogP contribution in [-0.4, -0.2) is 11.1 Å². The highest BCUT2D eigenvalue weighted by Crippen LogP contribution is 2.59. The van der Waals surface area contributed by atoms with Crippen molar-refractivity contribution in [3.05, 3.63) is 11.4 Å². The van der Waals surface area contributed by atoms with E-state index in [1.807, 2.05) is 0 Å². The maximum Gasteiger partial charge on any atom is 0.307 e. The number of carbonyl (C=O) groups is 1. The van der Waals surface area contributed by atoms with Crippen LogP contribution in [-0.2, 0) is 4.79 Å². The van der Waals surface area contributed by atoms with Crippen molar-refractivity contribution in [3.8, 4) is 0 Å². The summed E-state index contributed by atoms with van der Waals surface area (Å²) in [6, 6.07) is 0. The fourth-order valence-corrected chi connectivity index (χ4v) is 1.73. The third-order valence-corrected chi connectivity index (χ3v) is 2.61. The Morgan fingerprint density at radius 1 is 1.62 bits per heavy atom. The lowest BCUT2D eigenvalue weighted by Crippen LogP contribution is -2.02. The van der Waals surface area contributed by atoms with Crippen LogP contribution < -0.4 is 0 Å². The molecule has 13 heavy (non-hydrogen) atoms. The molecule has 1 N–H and O–H groups in total. The van der Waals surface area contributed by atoms with Crippen LogP contribution >= 0.6 is 24.0 Å². The van der Waals surface area contributed by atoms with E-state index in [0.29, 0.717) is 0 Å². The number of halogens is 3. The van der Waals surface area contributed by atoms with Crippen LogP contribution in [0.3, 0.4) is 0 Å². The van der Waals surface area contributed by atoms with E-state index >= 15 is 0 Å². The Kier molecular flexibility index (Phi) is 3.76. The number of hydrogen-bond acceptors (Lipinski definition) is 1. The molecule has 1 aliphatic rings. The summed E-state index contributed by atoms with van der Waals surface area (Å²) in [5, 5.41) is 7.86. The van der Waals surface area contributed by atoms with Gasteiger partial charge in [-0.1, -0.05) is 25.4 Å². The summed E-state index contributed by atoms with van der Waals surface area (Å²) in [7, 11) is 0. The average molecular weight is 229 g/mol. The second-order valence-electron chi connectivity index (χ2n) is 3.62. The second kappa shape index (κ2) is 3.84. The van der Waals surface area contributed by atoms with Gasteiger partial charge in [0.1, 0.15) is 0 Å². The van der Waals surface area contributed by atoms with E-state index in [0.717, 1.165) is 0 Å². The molecule has 5 heteroatoms. The molecule has 0 radical (unpaired) electrons. The standard InChI is InChI=1S/C8H10ClFO2.ClH/c1-8(2)4(3-5(9)10)6(8)7(11)12;/h3-4,6H,1-2H3,(H,11,12);1H/t4-,6+;/m1./s1. The van der Waals surface area contributed by atoms with Gasteiger partial charge in [0.2, 0.25) is 0 Å². The minimum Gasteiger partial charge on any atom is -0.481 e. The highest BCUT2D eigenvalue weighted by Gasteiger charge is 2.61. The van der Waals surface area contributed by atoms with Gasteiger partial charge in [0.25, 0.3) is 0 Å². The van der Waals surface area contributed by atoms with Crippen LogP contribution in [0.1, 0.15) is 13.8 Å². The predicted octanol–water partition coefficient (Wildman–Crippen LogP) is 2.81. The van der Waals surface area contributed by atoms with Crippen molar-refractivity contribution in [3.63, 3.8) is 0 Å². The first-order valence-corrected chi connectivity index (χ1v) is 4.01. The molecule has 0 aromatic rings. The van der Waals surface area contributed by atoms with Gasteiger partial charge in [0, 0.05) is 5.92 Å². The summed E-state index contributed by atoms with van der Waals surface area (Å²) in [6.45, 7) is 3.57. The number of allylic oxidation sites excluding steroid dienone is 1. The first-order valence-electron chi connectivity index (χ1n) is 3.63. The Morgan fingerprint density at radius 2 is 2.08 bits per heavy atom. The predicted molar refractivity (Wildman–Crippen MR) is 50.7 cm³/mol. The molecule has 0 aromatic carbocycles. The number of carboxylic acid groups (broad SMARTS) is 1. The Labute approximate surface area is 87.2 Å². The summed E-state index contributed by atoms with van der Waals surface area (Å²) in [5.41, 5.74) is -0.363. The van der Waals surface area contributed by atoms with Crippen LogP contribution in [0.5, 0.6) is 0 Å². The SMILES string of the molecule is CC1(C)[C@H](C=C(F)Cl)[C@H]1C(=O)O.Cl. The lowest BCUT2D eigenvalue weighted by atomic mass is 10.1. The maximum atomic E-state index is 12.2. The van der Waals surface area contributed by atoms with Gasteiger partial charge in [-0.05, 0) is 11.5 Å². The highest BCUT2D eigenvalue weighted by molar-refractivity contribution is 6.28. The summed E-state index contributed by atoms with van der Waals surface area (Å²) in [5.74, 6) is -1.66. The molecule has 0 spiro atoms. The summed E-state index contributed by atoms with van der Waals surface area (Å²) in [6.07, 6.45) is 1.17. The molecule has 76 valence electrons. The van der Waals surface area contributed by atoms with E-state index in [1.54, 1.807) is 13.8 Å². The molecular weight excluding hydrogens is 218 g/mol. The fourth-order valence-electron chi connectivity index (χ4n) is 1.60. The van der Waals surface area contributed by atoms with E-state index in [2.05, 4.69) is 0 Å². The minimum atomic E-state index is -0.890. The zero-order valence-corrected chi connectivity index (χ0v) is 8.82. The Balaban J connectivity index is 0.00000144. The Bertz CT molecular complexity index is 247. The molecule has 1 aliphatic carbocycles. The van der Waals surface area contributed by atoms with Crippen molar-refractivity contribution in [2.24, 2.45) is 17.3 Å². The second-order valence-corrected chi connectivity index (χ2v) is 3.98. The van der Waals surface area contributed by atoms with E-state index < -0.39 is 17.2 Å². The molecule has 1 saturated carbocycles. The average Bonchev–Trinajstić information content (AvgIpc) is 2.32. The highest BCUT2D eigenvalue weighted by atomic mass is 35.5. The molecule has 1 rings (SSSR count). The van der Waals surface area contributed by atoms with Gasteiger partial charge >= 0.3 is 5.97 Å². The molecule has 1 fully saturated rings. The van der Waals surface area contributed by atoms with E-state index in [4.69, 9.17) is 16.7 Å². The number of hydrogen-bond donors (Lipinski definition) is 1. The Hall–Kier alpha value is -0.280. The topological polar surface area (TPSA) is 37.3 Å². The van der Waals surface area contributed by atoms with E-state index in [9.17, 15) is 9.18 Å². The normalized spacial score (nSPS) is 30.6. The van der Waals surface area contributed by atoms with Gasteiger partial charge < -0.3 is 5.11 Å². The van der Waals surface area contributed by atoms with Gasteiger partial charge in [0.05, 0.1) is 5.92 Å². The first-order chi connectivity index (χ1) is 5.37. The van der Waals surface area contributed by atoms with Crippen LogP contribution in [0.2, 0.25) is 0 Å². The zero-order chi connectivity index (χ0) is 9.52. The number of carboxylic acids is 1. The van der Waals surface area contributed by atoms with Crippen LogP contribution in [0.4, 0.5) is 4.39 Å². The largest absolute Gasteiger partial charge is 0.481 e. The fraction of sp³-hybridized carbons (Fsp3) is 0.625. The smallest absolute Gasteiger partial charge is 0.307 e. The number of aliphatic carboxylic acids is 1. The van der Waals surface area contributed by atoms with Gasteiger partial charge in [-0.2, -0.15) is 4.39 Å². The zero-order valence-electron chi connectivity index (χ0n) is 7.25. The minimum absolute atomic E-state index is 0. The lowest BCUT2D eigenvalue weighted by Gasteiger charge is -1.95. The lowest BCUT2D eigenvalue weighted by molar-refractivity contribution is -0.139. The van der Waals surface area contributed by atoms with Gasteiger partial charge in [-0.3, -0.25) is 4.79 Å².